The molecule has 0 spiro atoms. The quantitative estimate of drug-likeness (QED) is 0.457. The van der Waals surface area contributed by atoms with Crippen molar-refractivity contribution in [3.8, 4) is 0 Å². The van der Waals surface area contributed by atoms with Gasteiger partial charge in [-0.25, -0.2) is 8.42 Å². The molecule has 0 unspecified atom stereocenters. The van der Waals surface area contributed by atoms with Gasteiger partial charge in [0.25, 0.3) is 0 Å². The van der Waals surface area contributed by atoms with Gasteiger partial charge in [0.05, 0.1) is 4.90 Å². The number of carbonyl (C=O) groups excluding carboxylic acids is 1. The maximum atomic E-state index is 12.7. The fourth-order valence-corrected chi connectivity index (χ4v) is 5.22. The van der Waals surface area contributed by atoms with Crippen LogP contribution in [0.25, 0.3) is 6.08 Å². The molecule has 0 aliphatic carbocycles. The van der Waals surface area contributed by atoms with E-state index in [4.69, 9.17) is 0 Å². The van der Waals surface area contributed by atoms with Crippen molar-refractivity contribution in [2.45, 2.75) is 38.0 Å². The van der Waals surface area contributed by atoms with E-state index >= 15 is 0 Å². The Kier molecular flexibility index (Phi) is 7.45. The van der Waals surface area contributed by atoms with Gasteiger partial charge in [0.1, 0.15) is 0 Å². The molecule has 6 heteroatoms. The maximum Gasteiger partial charge on any atom is 0.243 e. The molecule has 0 aromatic heterocycles. The van der Waals surface area contributed by atoms with Crippen LogP contribution in [-0.4, -0.2) is 44.7 Å². The summed E-state index contributed by atoms with van der Waals surface area (Å²) in [5.74, 6) is -0.148. The van der Waals surface area contributed by atoms with E-state index in [9.17, 15) is 13.2 Å². The summed E-state index contributed by atoms with van der Waals surface area (Å²) < 4.78 is 27.0. The second-order valence-electron chi connectivity index (χ2n) is 7.45. The van der Waals surface area contributed by atoms with Crippen LogP contribution in [0.1, 0.15) is 49.0 Å². The van der Waals surface area contributed by atoms with Crippen LogP contribution >= 0.6 is 0 Å². The number of carbonyl (C=O) groups is 1. The molecule has 0 radical (unpaired) electrons. The van der Waals surface area contributed by atoms with E-state index in [1.54, 1.807) is 18.2 Å². The number of anilines is 1. The van der Waals surface area contributed by atoms with Gasteiger partial charge < -0.3 is 4.90 Å². The molecule has 2 aromatic rings. The van der Waals surface area contributed by atoms with Crippen molar-refractivity contribution < 1.29 is 13.2 Å². The minimum atomic E-state index is -3.48. The predicted molar refractivity (Wildman–Crippen MR) is 122 cm³/mol. The number of piperidine rings is 1. The summed E-state index contributed by atoms with van der Waals surface area (Å²) in [6.07, 6.45) is 6.18. The van der Waals surface area contributed by atoms with Crippen LogP contribution in [-0.2, 0) is 10.0 Å². The number of sulfonamides is 1. The van der Waals surface area contributed by atoms with E-state index in [0.29, 0.717) is 18.7 Å². The first-order chi connectivity index (χ1) is 14.5. The Labute approximate surface area is 180 Å². The summed E-state index contributed by atoms with van der Waals surface area (Å²) in [7, 11) is -3.48. The third-order valence-corrected chi connectivity index (χ3v) is 7.45. The van der Waals surface area contributed by atoms with Crippen molar-refractivity contribution >= 4 is 27.6 Å². The third kappa shape index (κ3) is 5.18. The first-order valence-corrected chi connectivity index (χ1v) is 12.1. The van der Waals surface area contributed by atoms with Gasteiger partial charge in [-0.15, -0.1) is 0 Å². The van der Waals surface area contributed by atoms with E-state index in [-0.39, 0.29) is 10.7 Å². The lowest BCUT2D eigenvalue weighted by molar-refractivity contribution is 0.104. The van der Waals surface area contributed by atoms with Crippen LogP contribution in [0.5, 0.6) is 0 Å². The van der Waals surface area contributed by atoms with Gasteiger partial charge in [0, 0.05) is 37.4 Å². The number of ketones is 1. The van der Waals surface area contributed by atoms with Crippen molar-refractivity contribution in [2.24, 2.45) is 0 Å². The average molecular weight is 427 g/mol. The van der Waals surface area contributed by atoms with E-state index in [2.05, 4.69) is 30.9 Å². The normalized spacial score (nSPS) is 15.4. The Balaban J connectivity index is 1.67. The van der Waals surface area contributed by atoms with Crippen molar-refractivity contribution in [1.29, 1.82) is 0 Å². The number of nitrogens with zero attached hydrogens (tertiary/aromatic N) is 2. The van der Waals surface area contributed by atoms with E-state index in [1.807, 2.05) is 12.1 Å². The minimum absolute atomic E-state index is 0.148. The number of benzene rings is 2. The number of rotatable bonds is 8. The summed E-state index contributed by atoms with van der Waals surface area (Å²) in [5.41, 5.74) is 2.58. The number of hydrogen-bond acceptors (Lipinski definition) is 4. The largest absolute Gasteiger partial charge is 0.372 e. The van der Waals surface area contributed by atoms with Crippen LogP contribution in [0.15, 0.2) is 59.5 Å². The average Bonchev–Trinajstić information content (AvgIpc) is 2.80. The molecule has 1 aliphatic rings. The summed E-state index contributed by atoms with van der Waals surface area (Å²) in [4.78, 5) is 15.0. The highest BCUT2D eigenvalue weighted by Gasteiger charge is 2.25. The van der Waals surface area contributed by atoms with E-state index < -0.39 is 10.0 Å². The molecule has 0 saturated carbocycles. The van der Waals surface area contributed by atoms with Gasteiger partial charge in [-0.3, -0.25) is 4.79 Å². The monoisotopic (exact) mass is 426 g/mol. The van der Waals surface area contributed by atoms with Crippen molar-refractivity contribution in [2.75, 3.05) is 31.1 Å². The lowest BCUT2D eigenvalue weighted by atomic mass is 10.1. The highest BCUT2D eigenvalue weighted by molar-refractivity contribution is 7.89. The van der Waals surface area contributed by atoms with Crippen LogP contribution in [0.3, 0.4) is 0 Å². The zero-order chi connectivity index (χ0) is 21.6. The smallest absolute Gasteiger partial charge is 0.243 e. The molecule has 1 aliphatic heterocycles. The maximum absolute atomic E-state index is 12.7. The first kappa shape index (κ1) is 22.2. The Bertz CT molecular complexity index is 970. The molecular weight excluding hydrogens is 396 g/mol. The molecule has 0 bridgehead atoms. The topological polar surface area (TPSA) is 57.7 Å². The zero-order valence-electron chi connectivity index (χ0n) is 17.8. The van der Waals surface area contributed by atoms with Gasteiger partial charge in [0.2, 0.25) is 10.0 Å². The highest BCUT2D eigenvalue weighted by Crippen LogP contribution is 2.21. The number of allylic oxidation sites excluding steroid dienone is 1. The highest BCUT2D eigenvalue weighted by atomic mass is 32.2. The molecule has 0 amide bonds. The molecule has 1 fully saturated rings. The van der Waals surface area contributed by atoms with Gasteiger partial charge in [-0.05, 0) is 74.7 Å². The van der Waals surface area contributed by atoms with E-state index in [0.717, 1.165) is 43.6 Å². The van der Waals surface area contributed by atoms with Crippen LogP contribution in [0.4, 0.5) is 5.69 Å². The van der Waals surface area contributed by atoms with Crippen LogP contribution in [0, 0.1) is 0 Å². The van der Waals surface area contributed by atoms with Crippen molar-refractivity contribution in [3.05, 3.63) is 65.7 Å². The lowest BCUT2D eigenvalue weighted by Crippen LogP contribution is -2.35. The van der Waals surface area contributed by atoms with E-state index in [1.165, 1.54) is 22.5 Å². The molecule has 1 heterocycles. The van der Waals surface area contributed by atoms with Crippen molar-refractivity contribution in [3.63, 3.8) is 0 Å². The molecule has 5 nitrogen and oxygen atoms in total. The fraction of sp³-hybridized carbons (Fsp3) is 0.375. The first-order valence-electron chi connectivity index (χ1n) is 10.6. The van der Waals surface area contributed by atoms with Crippen molar-refractivity contribution in [1.82, 2.24) is 4.31 Å². The molecule has 3 rings (SSSR count). The van der Waals surface area contributed by atoms with Gasteiger partial charge in [-0.2, -0.15) is 4.31 Å². The fourth-order valence-electron chi connectivity index (χ4n) is 3.70. The molecular formula is C24H30N2O3S. The van der Waals surface area contributed by atoms with Gasteiger partial charge in [0.15, 0.2) is 5.78 Å². The van der Waals surface area contributed by atoms with Gasteiger partial charge in [-0.1, -0.05) is 24.6 Å². The Morgan fingerprint density at radius 2 is 1.53 bits per heavy atom. The summed E-state index contributed by atoms with van der Waals surface area (Å²) in [6, 6.07) is 14.3. The SMILES string of the molecule is CCN(CC)c1ccc(/C=C/C(=O)c2ccc(S(=O)(=O)N3CCCCC3)cc2)cc1. The second-order valence-corrected chi connectivity index (χ2v) is 9.39. The molecule has 0 atom stereocenters. The van der Waals surface area contributed by atoms with Crippen LogP contribution < -0.4 is 4.90 Å². The molecule has 160 valence electrons. The third-order valence-electron chi connectivity index (χ3n) is 5.54. The zero-order valence-corrected chi connectivity index (χ0v) is 18.6. The minimum Gasteiger partial charge on any atom is -0.372 e. The lowest BCUT2D eigenvalue weighted by Gasteiger charge is -2.25. The Hall–Kier alpha value is -2.44. The Morgan fingerprint density at radius 3 is 2.10 bits per heavy atom. The summed E-state index contributed by atoms with van der Waals surface area (Å²) in [5, 5.41) is 0. The Morgan fingerprint density at radius 1 is 0.933 bits per heavy atom. The van der Waals surface area contributed by atoms with Gasteiger partial charge >= 0.3 is 0 Å². The van der Waals surface area contributed by atoms with Crippen LogP contribution in [0.2, 0.25) is 0 Å². The molecule has 0 N–H and O–H groups in total. The standard InChI is InChI=1S/C24H30N2O3S/c1-3-25(4-2)22-13-8-20(9-14-22)10-17-24(27)21-11-15-23(16-12-21)30(28,29)26-18-6-5-7-19-26/h8-17H,3-7,18-19H2,1-2H3/b17-10+. The summed E-state index contributed by atoms with van der Waals surface area (Å²) >= 11 is 0. The molecule has 2 aromatic carbocycles. The molecule has 1 saturated heterocycles. The second kappa shape index (κ2) is 10.0. The predicted octanol–water partition coefficient (Wildman–Crippen LogP) is 4.60. The summed E-state index contributed by atoms with van der Waals surface area (Å²) in [6.45, 7) is 7.29. The number of hydrogen-bond donors (Lipinski definition) is 0. The molecule has 30 heavy (non-hydrogen) atoms.